The number of amidine groups is 1. The van der Waals surface area contributed by atoms with Gasteiger partial charge in [0.05, 0.1) is 7.11 Å². The van der Waals surface area contributed by atoms with Gasteiger partial charge in [0.2, 0.25) is 0 Å². The smallest absolute Gasteiger partial charge is 0.316 e. The lowest BCUT2D eigenvalue weighted by atomic mass is 10.1. The molecule has 1 heterocycles. The fraction of sp³-hybridized carbons (Fsp3) is 0.188. The van der Waals surface area contributed by atoms with Gasteiger partial charge >= 0.3 is 6.01 Å². The highest BCUT2D eigenvalue weighted by Gasteiger charge is 2.10. The summed E-state index contributed by atoms with van der Waals surface area (Å²) in [4.78, 5) is 8.21. The van der Waals surface area contributed by atoms with Crippen molar-refractivity contribution in [3.8, 4) is 22.9 Å². The van der Waals surface area contributed by atoms with E-state index in [0.717, 1.165) is 16.7 Å². The number of benzene rings is 1. The van der Waals surface area contributed by atoms with E-state index in [1.54, 1.807) is 36.7 Å². The molecule has 25 heavy (non-hydrogen) atoms. The van der Waals surface area contributed by atoms with E-state index in [2.05, 4.69) is 20.5 Å². The normalized spacial score (nSPS) is 12.0. The summed E-state index contributed by atoms with van der Waals surface area (Å²) in [6, 6.07) is 5.61. The predicted molar refractivity (Wildman–Crippen MR) is 97.2 cm³/mol. The van der Waals surface area contributed by atoms with Crippen LogP contribution in [-0.4, -0.2) is 29.5 Å². The van der Waals surface area contributed by atoms with Gasteiger partial charge in [0.15, 0.2) is 5.84 Å². The van der Waals surface area contributed by atoms with Crippen LogP contribution in [0.4, 0.5) is 0 Å². The Balaban J connectivity index is 2.23. The number of aromatic nitrogens is 2. The number of ether oxygens (including phenoxy) is 2. The molecule has 0 saturated heterocycles. The summed E-state index contributed by atoms with van der Waals surface area (Å²) in [5.41, 5.74) is 4.78. The highest BCUT2D eigenvalue weighted by Crippen LogP contribution is 2.32. The molecule has 0 unspecified atom stereocenters. The molecule has 0 spiro atoms. The van der Waals surface area contributed by atoms with Gasteiger partial charge in [0.1, 0.15) is 12.4 Å². The zero-order valence-corrected chi connectivity index (χ0v) is 14.6. The molecule has 0 fully saturated rings. The quantitative estimate of drug-likeness (QED) is 0.310. The van der Waals surface area contributed by atoms with Crippen molar-refractivity contribution in [1.82, 2.24) is 15.4 Å². The number of methoxy groups -OCH3 is 1. The Labute approximate surface area is 150 Å². The largest absolute Gasteiger partial charge is 0.489 e. The van der Waals surface area contributed by atoms with Crippen LogP contribution < -0.4 is 26.6 Å². The Bertz CT molecular complexity index is 777. The molecule has 132 valence electrons. The number of nitrogens with one attached hydrogen (secondary N) is 1. The Hall–Kier alpha value is -2.84. The van der Waals surface area contributed by atoms with E-state index in [1.807, 2.05) is 6.92 Å². The first-order valence-corrected chi connectivity index (χ1v) is 7.65. The molecule has 5 N–H and O–H groups in total. The number of rotatable bonds is 6. The Morgan fingerprint density at radius 1 is 1.36 bits per heavy atom. The van der Waals surface area contributed by atoms with Gasteiger partial charge in [-0.25, -0.2) is 15.8 Å². The highest BCUT2D eigenvalue weighted by atomic mass is 35.5. The topological polar surface area (TPSA) is 121 Å². The maximum absolute atomic E-state index is 6.11. The summed E-state index contributed by atoms with van der Waals surface area (Å²) in [7, 11) is 1.51. The first-order chi connectivity index (χ1) is 12.1. The van der Waals surface area contributed by atoms with Crippen molar-refractivity contribution >= 4 is 17.4 Å². The minimum atomic E-state index is 0.287. The third-order valence-electron chi connectivity index (χ3n) is 3.19. The zero-order chi connectivity index (χ0) is 18.2. The van der Waals surface area contributed by atoms with Crippen LogP contribution in [0.15, 0.2) is 47.3 Å². The van der Waals surface area contributed by atoms with Crippen LogP contribution in [-0.2, 0) is 0 Å². The number of hydrogen-bond acceptors (Lipinski definition) is 7. The Kier molecular flexibility index (Phi) is 6.55. The Morgan fingerprint density at radius 3 is 2.68 bits per heavy atom. The van der Waals surface area contributed by atoms with Crippen molar-refractivity contribution in [2.24, 2.45) is 16.8 Å². The molecule has 2 rings (SSSR count). The van der Waals surface area contributed by atoms with E-state index in [0.29, 0.717) is 23.2 Å². The van der Waals surface area contributed by atoms with Crippen LogP contribution in [0.5, 0.6) is 11.8 Å². The molecule has 9 heteroatoms. The number of hydrazine groups is 1. The SMILES string of the molecule is COc1ncc(-c2cc(Cl)ccc2OC/C(C)=C\C(=NN)NN)cn1. The van der Waals surface area contributed by atoms with E-state index in [1.165, 1.54) is 7.11 Å². The molecule has 1 aromatic carbocycles. The van der Waals surface area contributed by atoms with Gasteiger partial charge in [-0.1, -0.05) is 11.6 Å². The zero-order valence-electron chi connectivity index (χ0n) is 13.9. The lowest BCUT2D eigenvalue weighted by molar-refractivity contribution is 0.353. The highest BCUT2D eigenvalue weighted by molar-refractivity contribution is 6.31. The number of nitrogens with zero attached hydrogens (tertiary/aromatic N) is 3. The van der Waals surface area contributed by atoms with Gasteiger partial charge in [0.25, 0.3) is 0 Å². The molecular formula is C16H19ClN6O2. The van der Waals surface area contributed by atoms with Crippen LogP contribution in [0, 0.1) is 0 Å². The lowest BCUT2D eigenvalue weighted by Gasteiger charge is -2.12. The first kappa shape index (κ1) is 18.5. The average Bonchev–Trinajstić information content (AvgIpc) is 2.65. The van der Waals surface area contributed by atoms with Gasteiger partial charge in [0, 0.05) is 28.5 Å². The molecule has 0 aliphatic heterocycles. The minimum absolute atomic E-state index is 0.287. The maximum atomic E-state index is 6.11. The number of hydrogen-bond donors (Lipinski definition) is 3. The van der Waals surface area contributed by atoms with Crippen molar-refractivity contribution in [3.63, 3.8) is 0 Å². The van der Waals surface area contributed by atoms with Crippen molar-refractivity contribution in [2.75, 3.05) is 13.7 Å². The summed E-state index contributed by atoms with van der Waals surface area (Å²) < 4.78 is 10.8. The molecule has 0 aliphatic carbocycles. The van der Waals surface area contributed by atoms with E-state index in [-0.39, 0.29) is 6.01 Å². The van der Waals surface area contributed by atoms with Crippen LogP contribution in [0.2, 0.25) is 5.02 Å². The van der Waals surface area contributed by atoms with Crippen LogP contribution >= 0.6 is 11.6 Å². The molecule has 8 nitrogen and oxygen atoms in total. The van der Waals surface area contributed by atoms with E-state index in [9.17, 15) is 0 Å². The van der Waals surface area contributed by atoms with Crippen molar-refractivity contribution in [2.45, 2.75) is 6.92 Å². The van der Waals surface area contributed by atoms with E-state index >= 15 is 0 Å². The molecule has 0 radical (unpaired) electrons. The summed E-state index contributed by atoms with van der Waals surface area (Å²) in [5, 5.41) is 4.08. The third-order valence-corrected chi connectivity index (χ3v) is 3.42. The lowest BCUT2D eigenvalue weighted by Crippen LogP contribution is -2.30. The number of halogens is 1. The van der Waals surface area contributed by atoms with E-state index < -0.39 is 0 Å². The molecule has 0 amide bonds. The van der Waals surface area contributed by atoms with Gasteiger partial charge in [-0.05, 0) is 36.8 Å². The molecule has 0 saturated carbocycles. The van der Waals surface area contributed by atoms with Crippen molar-refractivity contribution in [1.29, 1.82) is 0 Å². The van der Waals surface area contributed by atoms with E-state index in [4.69, 9.17) is 32.8 Å². The van der Waals surface area contributed by atoms with Gasteiger partial charge in [-0.15, -0.1) is 0 Å². The van der Waals surface area contributed by atoms with Gasteiger partial charge in [-0.2, -0.15) is 5.10 Å². The summed E-state index contributed by atoms with van der Waals surface area (Å²) >= 11 is 6.11. The molecular weight excluding hydrogens is 344 g/mol. The maximum Gasteiger partial charge on any atom is 0.316 e. The molecule has 0 aliphatic rings. The summed E-state index contributed by atoms with van der Waals surface area (Å²) in [6.07, 6.45) is 4.97. The standard InChI is InChI=1S/C16H19ClN6O2/c1-10(5-15(22-18)23-19)9-25-14-4-3-12(17)6-13(14)11-7-20-16(24-2)21-8-11/h3-8H,9,18-19H2,1-2H3,(H,22,23)/b10-5-. The molecule has 0 atom stereocenters. The second-order valence-corrected chi connectivity index (χ2v) is 5.47. The monoisotopic (exact) mass is 362 g/mol. The van der Waals surface area contributed by atoms with Gasteiger partial charge in [-0.3, -0.25) is 0 Å². The van der Waals surface area contributed by atoms with Gasteiger partial charge < -0.3 is 20.7 Å². The first-order valence-electron chi connectivity index (χ1n) is 7.27. The number of hydrazone groups is 1. The fourth-order valence-electron chi connectivity index (χ4n) is 2.00. The molecule has 2 aromatic rings. The van der Waals surface area contributed by atoms with Crippen LogP contribution in [0.3, 0.4) is 0 Å². The average molecular weight is 363 g/mol. The minimum Gasteiger partial charge on any atom is -0.489 e. The fourth-order valence-corrected chi connectivity index (χ4v) is 2.17. The third kappa shape index (κ3) is 5.07. The second kappa shape index (κ2) is 8.86. The number of nitrogens with two attached hydrogens (primary N) is 2. The molecule has 1 aromatic heterocycles. The molecule has 0 bridgehead atoms. The Morgan fingerprint density at radius 2 is 2.08 bits per heavy atom. The second-order valence-electron chi connectivity index (χ2n) is 5.04. The van der Waals surface area contributed by atoms with Crippen LogP contribution in [0.25, 0.3) is 11.1 Å². The van der Waals surface area contributed by atoms with Crippen molar-refractivity contribution < 1.29 is 9.47 Å². The summed E-state index contributed by atoms with van der Waals surface area (Å²) in [5.74, 6) is 11.5. The summed E-state index contributed by atoms with van der Waals surface area (Å²) in [6.45, 7) is 2.18. The predicted octanol–water partition coefficient (Wildman–Crippen LogP) is 1.87. The van der Waals surface area contributed by atoms with Crippen LogP contribution in [0.1, 0.15) is 6.92 Å². The van der Waals surface area contributed by atoms with Crippen molar-refractivity contribution in [3.05, 3.63) is 47.3 Å².